The zero-order valence-corrected chi connectivity index (χ0v) is 18.2. The highest BCUT2D eigenvalue weighted by molar-refractivity contribution is 7.98. The Balaban J connectivity index is 1.71. The molecular weight excluding hydrogens is 432 g/mol. The van der Waals surface area contributed by atoms with E-state index in [0.29, 0.717) is 33.7 Å². The van der Waals surface area contributed by atoms with Gasteiger partial charge in [0.05, 0.1) is 17.1 Å². The molecule has 164 valence electrons. The van der Waals surface area contributed by atoms with Crippen LogP contribution in [0, 0.1) is 10.1 Å². The van der Waals surface area contributed by atoms with Crippen LogP contribution in [-0.2, 0) is 15.3 Å². The van der Waals surface area contributed by atoms with Crippen molar-refractivity contribution in [2.24, 2.45) is 0 Å². The van der Waals surface area contributed by atoms with E-state index in [9.17, 15) is 14.9 Å². The summed E-state index contributed by atoms with van der Waals surface area (Å²) < 4.78 is 6.89. The first-order chi connectivity index (χ1) is 15.5. The number of nitro benzene ring substituents is 1. The van der Waals surface area contributed by atoms with Crippen molar-refractivity contribution < 1.29 is 14.5 Å². The minimum Gasteiger partial charge on any atom is -0.463 e. The zero-order valence-electron chi connectivity index (χ0n) is 17.4. The monoisotopic (exact) mass is 452 g/mol. The molecule has 3 aromatic rings. The summed E-state index contributed by atoms with van der Waals surface area (Å²) in [5.41, 5.74) is 2.63. The van der Waals surface area contributed by atoms with E-state index < -0.39 is 16.9 Å². The van der Waals surface area contributed by atoms with E-state index in [1.165, 1.54) is 23.9 Å². The third kappa shape index (κ3) is 4.33. The van der Waals surface area contributed by atoms with Crippen molar-refractivity contribution in [2.75, 3.05) is 11.9 Å². The van der Waals surface area contributed by atoms with Crippen molar-refractivity contribution in [1.29, 1.82) is 0 Å². The van der Waals surface area contributed by atoms with Crippen LogP contribution in [0.5, 0.6) is 0 Å². The first-order valence-electron chi connectivity index (χ1n) is 9.85. The highest BCUT2D eigenvalue weighted by Crippen LogP contribution is 2.37. The van der Waals surface area contributed by atoms with Crippen molar-refractivity contribution in [3.63, 3.8) is 0 Å². The van der Waals surface area contributed by atoms with Gasteiger partial charge in [-0.1, -0.05) is 17.8 Å². The van der Waals surface area contributed by atoms with Crippen LogP contribution in [0.3, 0.4) is 0 Å². The Labute approximate surface area is 187 Å². The number of anilines is 1. The van der Waals surface area contributed by atoms with Crippen molar-refractivity contribution in [3.8, 4) is 0 Å². The average molecular weight is 452 g/mol. The number of carbonyl (C=O) groups is 1. The molecular formula is C21H20N6O4S. The third-order valence-corrected chi connectivity index (χ3v) is 5.75. The van der Waals surface area contributed by atoms with Gasteiger partial charge in [0.15, 0.2) is 0 Å². The minimum atomic E-state index is -0.633. The van der Waals surface area contributed by atoms with Gasteiger partial charge < -0.3 is 10.1 Å². The van der Waals surface area contributed by atoms with Gasteiger partial charge in [0.1, 0.15) is 6.04 Å². The Morgan fingerprint density at radius 3 is 2.75 bits per heavy atom. The maximum Gasteiger partial charge on any atom is 0.338 e. The number of esters is 1. The number of hydrogen-bond acceptors (Lipinski definition) is 9. The number of pyridine rings is 1. The maximum absolute atomic E-state index is 12.8. The Morgan fingerprint density at radius 1 is 1.31 bits per heavy atom. The molecule has 1 atom stereocenters. The lowest BCUT2D eigenvalue weighted by molar-refractivity contribution is -0.384. The molecule has 32 heavy (non-hydrogen) atoms. The van der Waals surface area contributed by atoms with E-state index >= 15 is 0 Å². The van der Waals surface area contributed by atoms with E-state index in [1.807, 2.05) is 12.1 Å². The van der Waals surface area contributed by atoms with Gasteiger partial charge in [-0.25, -0.2) is 9.48 Å². The number of fused-ring (bicyclic) bond motifs is 1. The van der Waals surface area contributed by atoms with E-state index in [-0.39, 0.29) is 12.3 Å². The molecule has 1 aromatic carbocycles. The van der Waals surface area contributed by atoms with Gasteiger partial charge in [-0.3, -0.25) is 15.1 Å². The van der Waals surface area contributed by atoms with Crippen LogP contribution in [0.25, 0.3) is 0 Å². The van der Waals surface area contributed by atoms with Crippen molar-refractivity contribution >= 4 is 29.4 Å². The van der Waals surface area contributed by atoms with Crippen LogP contribution < -0.4 is 5.32 Å². The molecule has 4 rings (SSSR count). The van der Waals surface area contributed by atoms with Gasteiger partial charge in [0, 0.05) is 36.0 Å². The van der Waals surface area contributed by atoms with Gasteiger partial charge in [0.25, 0.3) is 5.69 Å². The summed E-state index contributed by atoms with van der Waals surface area (Å²) in [7, 11) is 0. The first-order valence-corrected chi connectivity index (χ1v) is 10.8. The second-order valence-corrected chi connectivity index (χ2v) is 7.89. The molecule has 3 heterocycles. The largest absolute Gasteiger partial charge is 0.463 e. The second-order valence-electron chi connectivity index (χ2n) is 6.95. The number of nitro groups is 1. The van der Waals surface area contributed by atoms with Crippen LogP contribution in [0.2, 0.25) is 0 Å². The van der Waals surface area contributed by atoms with Crippen LogP contribution in [0.4, 0.5) is 11.6 Å². The number of thioether (sulfide) groups is 1. The van der Waals surface area contributed by atoms with Crippen molar-refractivity contribution in [2.45, 2.75) is 30.8 Å². The van der Waals surface area contributed by atoms with Gasteiger partial charge >= 0.3 is 5.97 Å². The number of rotatable bonds is 7. The smallest absolute Gasteiger partial charge is 0.338 e. The highest BCUT2D eigenvalue weighted by Gasteiger charge is 2.35. The Kier molecular flexibility index (Phi) is 6.17. The van der Waals surface area contributed by atoms with E-state index in [4.69, 9.17) is 4.74 Å². The molecule has 0 fully saturated rings. The predicted molar refractivity (Wildman–Crippen MR) is 118 cm³/mol. The van der Waals surface area contributed by atoms with E-state index in [2.05, 4.69) is 20.4 Å². The molecule has 1 aliphatic rings. The summed E-state index contributed by atoms with van der Waals surface area (Å²) in [6, 6.07) is 9.26. The maximum atomic E-state index is 12.8. The number of allylic oxidation sites excluding steroid dienone is 1. The number of carbonyl (C=O) groups excluding carboxylic acids is 1. The summed E-state index contributed by atoms with van der Waals surface area (Å²) in [4.78, 5) is 32.1. The van der Waals surface area contributed by atoms with Crippen LogP contribution in [0.1, 0.15) is 31.0 Å². The fraction of sp³-hybridized carbons (Fsp3) is 0.238. The third-order valence-electron chi connectivity index (χ3n) is 4.84. The molecule has 10 nitrogen and oxygen atoms in total. The summed E-state index contributed by atoms with van der Waals surface area (Å²) in [6.45, 7) is 3.73. The van der Waals surface area contributed by atoms with Gasteiger partial charge in [-0.2, -0.15) is 4.98 Å². The van der Waals surface area contributed by atoms with Gasteiger partial charge in [-0.15, -0.1) is 5.10 Å². The standard InChI is InChI=1S/C21H20N6O4S/c1-3-31-19(28)17-13(2)23-20-24-21(32-12-14-5-4-10-22-11-14)25-26(20)18(17)15-6-8-16(9-7-15)27(29)30/h4-11,18H,3,12H2,1-2H3,(H,23,24,25). The quantitative estimate of drug-likeness (QED) is 0.247. The number of aromatic nitrogens is 4. The molecule has 0 radical (unpaired) electrons. The van der Waals surface area contributed by atoms with Crippen molar-refractivity contribution in [1.82, 2.24) is 19.7 Å². The molecule has 0 aliphatic carbocycles. The predicted octanol–water partition coefficient (Wildman–Crippen LogP) is 3.73. The van der Waals surface area contributed by atoms with Crippen LogP contribution in [0.15, 0.2) is 65.2 Å². The Morgan fingerprint density at radius 2 is 2.09 bits per heavy atom. The lowest BCUT2D eigenvalue weighted by atomic mass is 9.95. The Bertz CT molecular complexity index is 1180. The van der Waals surface area contributed by atoms with Crippen LogP contribution in [-0.4, -0.2) is 37.2 Å². The minimum absolute atomic E-state index is 0.0346. The van der Waals surface area contributed by atoms with Gasteiger partial charge in [0.2, 0.25) is 11.1 Å². The Hall–Kier alpha value is -3.73. The SMILES string of the molecule is CCOC(=O)C1=C(C)Nc2nc(SCc3cccnc3)nn2C1c1ccc([N+](=O)[O-])cc1. The second kappa shape index (κ2) is 9.18. The molecule has 0 amide bonds. The van der Waals surface area contributed by atoms with Crippen LogP contribution >= 0.6 is 11.8 Å². The lowest BCUT2D eigenvalue weighted by Crippen LogP contribution is -2.29. The number of hydrogen-bond donors (Lipinski definition) is 1. The van der Waals surface area contributed by atoms with E-state index in [0.717, 1.165) is 5.56 Å². The molecule has 0 saturated heterocycles. The summed E-state index contributed by atoms with van der Waals surface area (Å²) in [6.07, 6.45) is 3.50. The fourth-order valence-corrected chi connectivity index (χ4v) is 4.15. The summed E-state index contributed by atoms with van der Waals surface area (Å²) in [5, 5.41) is 19.3. The molecule has 1 N–H and O–H groups in total. The summed E-state index contributed by atoms with van der Waals surface area (Å²) >= 11 is 1.44. The highest BCUT2D eigenvalue weighted by atomic mass is 32.2. The molecule has 1 aliphatic heterocycles. The number of non-ortho nitro benzene ring substituents is 1. The lowest BCUT2D eigenvalue weighted by Gasteiger charge is -2.28. The number of nitrogens with one attached hydrogen (secondary N) is 1. The molecule has 0 spiro atoms. The van der Waals surface area contributed by atoms with Gasteiger partial charge in [-0.05, 0) is 43.2 Å². The topological polar surface area (TPSA) is 125 Å². The summed E-state index contributed by atoms with van der Waals surface area (Å²) in [5.74, 6) is 0.635. The normalized spacial score (nSPS) is 15.1. The van der Waals surface area contributed by atoms with Crippen molar-refractivity contribution in [3.05, 3.63) is 81.3 Å². The number of benzene rings is 1. The average Bonchev–Trinajstić information content (AvgIpc) is 3.20. The fourth-order valence-electron chi connectivity index (χ4n) is 3.38. The molecule has 1 unspecified atom stereocenters. The zero-order chi connectivity index (χ0) is 22.7. The molecule has 11 heteroatoms. The number of ether oxygens (including phenoxy) is 1. The molecule has 2 aromatic heterocycles. The number of nitrogens with zero attached hydrogens (tertiary/aromatic N) is 5. The molecule has 0 bridgehead atoms. The molecule has 0 saturated carbocycles. The van der Waals surface area contributed by atoms with E-state index in [1.54, 1.807) is 43.1 Å². The first kappa shape index (κ1) is 21.5.